The van der Waals surface area contributed by atoms with E-state index in [1.807, 2.05) is 12.1 Å². The van der Waals surface area contributed by atoms with Crippen LogP contribution in [0.3, 0.4) is 0 Å². The maximum Gasteiger partial charge on any atom is 0.0737 e. The highest BCUT2D eigenvalue weighted by Gasteiger charge is 2.05. The molecule has 0 aliphatic carbocycles. The van der Waals surface area contributed by atoms with Gasteiger partial charge in [-0.15, -0.1) is 0 Å². The van der Waals surface area contributed by atoms with Crippen molar-refractivity contribution in [2.24, 2.45) is 5.84 Å². The Hall–Kier alpha value is -1.29. The Bertz CT molecular complexity index is 514. The molecule has 2 aromatic rings. The SMILES string of the molecule is NNc1ccnc(-c2ccc(Cl)cc2Cl)c1. The molecule has 0 saturated carbocycles. The summed E-state index contributed by atoms with van der Waals surface area (Å²) in [5.41, 5.74) is 4.90. The van der Waals surface area contributed by atoms with Gasteiger partial charge in [0, 0.05) is 16.8 Å². The first-order chi connectivity index (χ1) is 7.70. The minimum atomic E-state index is 0.564. The first-order valence-corrected chi connectivity index (χ1v) is 5.34. The molecular weight excluding hydrogens is 245 g/mol. The molecule has 1 aromatic heterocycles. The summed E-state index contributed by atoms with van der Waals surface area (Å²) in [6.07, 6.45) is 1.66. The van der Waals surface area contributed by atoms with Gasteiger partial charge in [-0.2, -0.15) is 0 Å². The zero-order chi connectivity index (χ0) is 11.5. The van der Waals surface area contributed by atoms with E-state index in [0.29, 0.717) is 10.0 Å². The standard InChI is InChI=1S/C11H9Cl2N3/c12-7-1-2-9(10(13)5-7)11-6-8(16-14)3-4-15-11/h1-6H,14H2,(H,15,16). The van der Waals surface area contributed by atoms with E-state index in [-0.39, 0.29) is 0 Å². The van der Waals surface area contributed by atoms with E-state index < -0.39 is 0 Å². The van der Waals surface area contributed by atoms with Gasteiger partial charge in [-0.05, 0) is 30.3 Å². The molecule has 1 heterocycles. The smallest absolute Gasteiger partial charge is 0.0737 e. The number of benzene rings is 1. The van der Waals surface area contributed by atoms with E-state index in [9.17, 15) is 0 Å². The number of hydrogen-bond acceptors (Lipinski definition) is 3. The molecule has 0 spiro atoms. The second kappa shape index (κ2) is 4.70. The monoisotopic (exact) mass is 253 g/mol. The number of rotatable bonds is 2. The Morgan fingerprint density at radius 1 is 1.12 bits per heavy atom. The number of nitrogens with one attached hydrogen (secondary N) is 1. The summed E-state index contributed by atoms with van der Waals surface area (Å²) in [6.45, 7) is 0. The van der Waals surface area contributed by atoms with Crippen molar-refractivity contribution >= 4 is 28.9 Å². The van der Waals surface area contributed by atoms with Crippen LogP contribution in [0.1, 0.15) is 0 Å². The number of nitrogens with zero attached hydrogens (tertiary/aromatic N) is 1. The van der Waals surface area contributed by atoms with Crippen LogP contribution in [0.4, 0.5) is 5.69 Å². The zero-order valence-corrected chi connectivity index (χ0v) is 9.76. The average Bonchev–Trinajstić information content (AvgIpc) is 2.29. The molecule has 0 aliphatic heterocycles. The predicted molar refractivity (Wildman–Crippen MR) is 67.5 cm³/mol. The van der Waals surface area contributed by atoms with E-state index in [0.717, 1.165) is 16.9 Å². The van der Waals surface area contributed by atoms with Crippen molar-refractivity contribution in [3.63, 3.8) is 0 Å². The summed E-state index contributed by atoms with van der Waals surface area (Å²) in [4.78, 5) is 4.23. The van der Waals surface area contributed by atoms with Gasteiger partial charge in [0.15, 0.2) is 0 Å². The van der Waals surface area contributed by atoms with E-state index >= 15 is 0 Å². The third-order valence-corrected chi connectivity index (χ3v) is 2.68. The number of nitrogens with two attached hydrogens (primary N) is 1. The zero-order valence-electron chi connectivity index (χ0n) is 8.24. The lowest BCUT2D eigenvalue weighted by atomic mass is 10.1. The van der Waals surface area contributed by atoms with Gasteiger partial charge in [0.1, 0.15) is 0 Å². The van der Waals surface area contributed by atoms with Gasteiger partial charge < -0.3 is 5.43 Å². The fraction of sp³-hybridized carbons (Fsp3) is 0. The van der Waals surface area contributed by atoms with E-state index in [4.69, 9.17) is 29.0 Å². The van der Waals surface area contributed by atoms with Crippen molar-refractivity contribution in [2.45, 2.75) is 0 Å². The number of hydrogen-bond donors (Lipinski definition) is 2. The van der Waals surface area contributed by atoms with Gasteiger partial charge in [0.05, 0.1) is 16.4 Å². The fourth-order valence-corrected chi connectivity index (χ4v) is 1.87. The highest BCUT2D eigenvalue weighted by Crippen LogP contribution is 2.29. The highest BCUT2D eigenvalue weighted by molar-refractivity contribution is 6.36. The van der Waals surface area contributed by atoms with Crippen LogP contribution in [0, 0.1) is 0 Å². The molecule has 5 heteroatoms. The summed E-state index contributed by atoms with van der Waals surface area (Å²) in [5.74, 6) is 5.33. The quantitative estimate of drug-likeness (QED) is 0.638. The molecule has 0 radical (unpaired) electrons. The number of pyridine rings is 1. The number of hydrazine groups is 1. The van der Waals surface area contributed by atoms with Crippen LogP contribution in [0.2, 0.25) is 10.0 Å². The van der Waals surface area contributed by atoms with E-state index in [2.05, 4.69) is 10.4 Å². The molecule has 0 bridgehead atoms. The lowest BCUT2D eigenvalue weighted by Crippen LogP contribution is -2.06. The van der Waals surface area contributed by atoms with Crippen molar-refractivity contribution in [1.82, 2.24) is 4.98 Å². The maximum atomic E-state index is 6.08. The van der Waals surface area contributed by atoms with Gasteiger partial charge in [-0.25, -0.2) is 0 Å². The summed E-state index contributed by atoms with van der Waals surface area (Å²) < 4.78 is 0. The molecule has 82 valence electrons. The topological polar surface area (TPSA) is 50.9 Å². The molecule has 0 unspecified atom stereocenters. The van der Waals surface area contributed by atoms with Crippen LogP contribution in [0.15, 0.2) is 36.5 Å². The highest BCUT2D eigenvalue weighted by atomic mass is 35.5. The van der Waals surface area contributed by atoms with Crippen LogP contribution < -0.4 is 11.3 Å². The molecule has 0 amide bonds. The molecule has 0 saturated heterocycles. The van der Waals surface area contributed by atoms with Crippen LogP contribution >= 0.6 is 23.2 Å². The third kappa shape index (κ3) is 2.27. The Morgan fingerprint density at radius 2 is 1.94 bits per heavy atom. The Balaban J connectivity index is 2.49. The van der Waals surface area contributed by atoms with Crippen molar-refractivity contribution in [2.75, 3.05) is 5.43 Å². The van der Waals surface area contributed by atoms with Gasteiger partial charge in [0.2, 0.25) is 0 Å². The van der Waals surface area contributed by atoms with E-state index in [1.54, 1.807) is 24.4 Å². The lowest BCUT2D eigenvalue weighted by molar-refractivity contribution is 1.28. The van der Waals surface area contributed by atoms with Gasteiger partial charge >= 0.3 is 0 Å². The van der Waals surface area contributed by atoms with Crippen molar-refractivity contribution in [3.8, 4) is 11.3 Å². The van der Waals surface area contributed by atoms with Gasteiger partial charge in [-0.1, -0.05) is 23.2 Å². The van der Waals surface area contributed by atoms with Crippen LogP contribution in [0.5, 0.6) is 0 Å². The van der Waals surface area contributed by atoms with Gasteiger partial charge in [0.25, 0.3) is 0 Å². The average molecular weight is 254 g/mol. The normalized spacial score (nSPS) is 10.2. The van der Waals surface area contributed by atoms with Crippen LogP contribution in [0.25, 0.3) is 11.3 Å². The Morgan fingerprint density at radius 3 is 2.62 bits per heavy atom. The molecular formula is C11H9Cl2N3. The van der Waals surface area contributed by atoms with Crippen molar-refractivity contribution < 1.29 is 0 Å². The minimum Gasteiger partial charge on any atom is -0.324 e. The number of aromatic nitrogens is 1. The Kier molecular flexibility index (Phi) is 3.29. The van der Waals surface area contributed by atoms with Crippen LogP contribution in [-0.2, 0) is 0 Å². The second-order valence-electron chi connectivity index (χ2n) is 3.20. The molecule has 0 fully saturated rings. The Labute approximate surface area is 103 Å². The molecule has 0 atom stereocenters. The minimum absolute atomic E-state index is 0.564. The van der Waals surface area contributed by atoms with Crippen molar-refractivity contribution in [1.29, 1.82) is 0 Å². The van der Waals surface area contributed by atoms with E-state index in [1.165, 1.54) is 0 Å². The summed E-state index contributed by atoms with van der Waals surface area (Å²) in [6, 6.07) is 8.87. The molecule has 3 nitrogen and oxygen atoms in total. The summed E-state index contributed by atoms with van der Waals surface area (Å²) in [7, 11) is 0. The first-order valence-electron chi connectivity index (χ1n) is 4.59. The van der Waals surface area contributed by atoms with Crippen LogP contribution in [-0.4, -0.2) is 4.98 Å². The first kappa shape index (κ1) is 11.2. The molecule has 1 aromatic carbocycles. The van der Waals surface area contributed by atoms with Crippen molar-refractivity contribution in [3.05, 3.63) is 46.6 Å². The number of halogens is 2. The fourth-order valence-electron chi connectivity index (χ4n) is 1.36. The second-order valence-corrected chi connectivity index (χ2v) is 4.04. The number of nitrogen functional groups attached to an aromatic ring is 1. The molecule has 0 aliphatic rings. The molecule has 3 N–H and O–H groups in total. The molecule has 2 rings (SSSR count). The third-order valence-electron chi connectivity index (χ3n) is 2.13. The predicted octanol–water partition coefficient (Wildman–Crippen LogP) is 3.34. The number of anilines is 1. The summed E-state index contributed by atoms with van der Waals surface area (Å²) >= 11 is 11.9. The maximum absolute atomic E-state index is 6.08. The van der Waals surface area contributed by atoms with Gasteiger partial charge in [-0.3, -0.25) is 10.8 Å². The molecule has 16 heavy (non-hydrogen) atoms. The largest absolute Gasteiger partial charge is 0.324 e. The lowest BCUT2D eigenvalue weighted by Gasteiger charge is -2.06. The summed E-state index contributed by atoms with van der Waals surface area (Å²) in [5, 5.41) is 1.16.